The van der Waals surface area contributed by atoms with Crippen molar-refractivity contribution >= 4 is 5.91 Å². The first-order valence-electron chi connectivity index (χ1n) is 8.58. The fourth-order valence-corrected chi connectivity index (χ4v) is 3.05. The van der Waals surface area contributed by atoms with Crippen LogP contribution in [0.2, 0.25) is 0 Å². The number of carbonyl (C=O) groups is 1. The van der Waals surface area contributed by atoms with Crippen LogP contribution in [-0.2, 0) is 4.74 Å². The number of nitrogens with one attached hydrogen (secondary N) is 1. The maximum Gasteiger partial charge on any atom is 0.251 e. The maximum atomic E-state index is 12.6. The smallest absolute Gasteiger partial charge is 0.251 e. The molecule has 0 saturated carbocycles. The van der Waals surface area contributed by atoms with Crippen molar-refractivity contribution in [3.8, 4) is 11.5 Å². The highest BCUT2D eigenvalue weighted by Crippen LogP contribution is 2.27. The van der Waals surface area contributed by atoms with Gasteiger partial charge in [0, 0.05) is 25.2 Å². The number of hydrogen-bond acceptors (Lipinski definition) is 6. The van der Waals surface area contributed by atoms with Crippen molar-refractivity contribution in [3.05, 3.63) is 47.9 Å². The highest BCUT2D eigenvalue weighted by Gasteiger charge is 2.25. The molecule has 7 nitrogen and oxygen atoms in total. The Balaban J connectivity index is 1.69. The highest BCUT2D eigenvalue weighted by atomic mass is 16.5. The lowest BCUT2D eigenvalue weighted by molar-refractivity contribution is 0.0118. The summed E-state index contributed by atoms with van der Waals surface area (Å²) in [5, 5.41) is 3.00. The third-order valence-electron chi connectivity index (χ3n) is 4.46. The van der Waals surface area contributed by atoms with E-state index in [1.54, 1.807) is 38.7 Å². The van der Waals surface area contributed by atoms with Gasteiger partial charge in [-0.25, -0.2) is 0 Å². The molecule has 1 amide bonds. The van der Waals surface area contributed by atoms with Gasteiger partial charge in [0.1, 0.15) is 5.76 Å². The summed E-state index contributed by atoms with van der Waals surface area (Å²) >= 11 is 0. The number of amides is 1. The van der Waals surface area contributed by atoms with Crippen molar-refractivity contribution in [2.75, 3.05) is 47.1 Å². The van der Waals surface area contributed by atoms with Crippen LogP contribution in [0.5, 0.6) is 11.5 Å². The summed E-state index contributed by atoms with van der Waals surface area (Å²) < 4.78 is 21.5. The van der Waals surface area contributed by atoms with E-state index in [4.69, 9.17) is 18.6 Å². The zero-order chi connectivity index (χ0) is 18.4. The molecule has 26 heavy (non-hydrogen) atoms. The van der Waals surface area contributed by atoms with E-state index in [9.17, 15) is 4.79 Å². The molecule has 140 valence electrons. The summed E-state index contributed by atoms with van der Waals surface area (Å²) in [6.07, 6.45) is 1.65. The van der Waals surface area contributed by atoms with Crippen molar-refractivity contribution in [1.29, 1.82) is 0 Å². The summed E-state index contributed by atoms with van der Waals surface area (Å²) in [6, 6.07) is 8.87. The normalized spacial score (nSPS) is 16.1. The summed E-state index contributed by atoms with van der Waals surface area (Å²) in [4.78, 5) is 14.8. The average molecular weight is 360 g/mol. The molecule has 1 N–H and O–H groups in total. The van der Waals surface area contributed by atoms with E-state index in [0.717, 1.165) is 18.8 Å². The number of nitrogens with zero attached hydrogens (tertiary/aromatic N) is 1. The molecule has 2 aromatic rings. The topological polar surface area (TPSA) is 73.2 Å². The average Bonchev–Trinajstić information content (AvgIpc) is 3.22. The summed E-state index contributed by atoms with van der Waals surface area (Å²) in [7, 11) is 3.11. The van der Waals surface area contributed by atoms with Crippen LogP contribution < -0.4 is 14.8 Å². The largest absolute Gasteiger partial charge is 0.493 e. The van der Waals surface area contributed by atoms with Gasteiger partial charge in [-0.3, -0.25) is 9.69 Å². The number of carbonyl (C=O) groups excluding carboxylic acids is 1. The van der Waals surface area contributed by atoms with E-state index in [-0.39, 0.29) is 11.9 Å². The molecule has 0 aliphatic carbocycles. The zero-order valence-electron chi connectivity index (χ0n) is 15.1. The third kappa shape index (κ3) is 4.17. The van der Waals surface area contributed by atoms with Gasteiger partial charge in [0.2, 0.25) is 0 Å². The summed E-state index contributed by atoms with van der Waals surface area (Å²) in [5.74, 6) is 1.78. The number of morpholine rings is 1. The van der Waals surface area contributed by atoms with Crippen LogP contribution in [0.1, 0.15) is 22.2 Å². The first-order chi connectivity index (χ1) is 12.7. The van der Waals surface area contributed by atoms with Crippen LogP contribution in [0.4, 0.5) is 0 Å². The fraction of sp³-hybridized carbons (Fsp3) is 0.421. The van der Waals surface area contributed by atoms with Crippen LogP contribution in [0, 0.1) is 0 Å². The van der Waals surface area contributed by atoms with Gasteiger partial charge < -0.3 is 23.9 Å². The van der Waals surface area contributed by atoms with Gasteiger partial charge in [0.15, 0.2) is 11.5 Å². The molecule has 1 atom stereocenters. The van der Waals surface area contributed by atoms with E-state index in [0.29, 0.717) is 36.8 Å². The fourth-order valence-electron chi connectivity index (χ4n) is 3.05. The Hall–Kier alpha value is -2.51. The molecule has 1 aromatic carbocycles. The van der Waals surface area contributed by atoms with Gasteiger partial charge >= 0.3 is 0 Å². The first-order valence-corrected chi connectivity index (χ1v) is 8.58. The Morgan fingerprint density at radius 3 is 2.62 bits per heavy atom. The Bertz CT molecular complexity index is 711. The molecule has 0 radical (unpaired) electrons. The molecule has 7 heteroatoms. The van der Waals surface area contributed by atoms with Gasteiger partial charge in [-0.2, -0.15) is 0 Å². The SMILES string of the molecule is COc1ccc(C(=O)NC[C@@H](c2ccco2)N2CCOCC2)cc1OC. The first kappa shape index (κ1) is 18.3. The molecule has 1 saturated heterocycles. The maximum absolute atomic E-state index is 12.6. The second kappa shape index (κ2) is 8.73. The van der Waals surface area contributed by atoms with Crippen molar-refractivity contribution in [2.45, 2.75) is 6.04 Å². The Labute approximate surface area is 152 Å². The molecule has 1 aromatic heterocycles. The van der Waals surface area contributed by atoms with Gasteiger partial charge in [-0.15, -0.1) is 0 Å². The molecule has 1 fully saturated rings. The second-order valence-corrected chi connectivity index (χ2v) is 5.96. The monoisotopic (exact) mass is 360 g/mol. The third-order valence-corrected chi connectivity index (χ3v) is 4.46. The van der Waals surface area contributed by atoms with Crippen molar-refractivity contribution in [2.24, 2.45) is 0 Å². The minimum Gasteiger partial charge on any atom is -0.493 e. The minimum atomic E-state index is -0.171. The van der Waals surface area contributed by atoms with Crippen molar-refractivity contribution in [1.82, 2.24) is 10.2 Å². The molecular weight excluding hydrogens is 336 g/mol. The number of ether oxygens (including phenoxy) is 3. The van der Waals surface area contributed by atoms with Crippen LogP contribution in [0.15, 0.2) is 41.0 Å². The predicted octanol–water partition coefficient (Wildman–Crippen LogP) is 2.10. The number of hydrogen-bond donors (Lipinski definition) is 1. The summed E-state index contributed by atoms with van der Waals surface area (Å²) in [6.45, 7) is 3.41. The molecule has 0 unspecified atom stereocenters. The Morgan fingerprint density at radius 1 is 1.19 bits per heavy atom. The van der Waals surface area contributed by atoms with E-state index < -0.39 is 0 Å². The lowest BCUT2D eigenvalue weighted by Gasteiger charge is -2.33. The Kier molecular flexibility index (Phi) is 6.14. The van der Waals surface area contributed by atoms with Crippen LogP contribution in [-0.4, -0.2) is 57.9 Å². The number of furan rings is 1. The van der Waals surface area contributed by atoms with E-state index in [1.165, 1.54) is 0 Å². The van der Waals surface area contributed by atoms with Crippen LogP contribution in [0.3, 0.4) is 0 Å². The van der Waals surface area contributed by atoms with Gasteiger partial charge in [0.05, 0.1) is 39.7 Å². The highest BCUT2D eigenvalue weighted by molar-refractivity contribution is 5.94. The zero-order valence-corrected chi connectivity index (χ0v) is 15.1. The lowest BCUT2D eigenvalue weighted by atomic mass is 10.1. The quantitative estimate of drug-likeness (QED) is 0.815. The number of methoxy groups -OCH3 is 2. The second-order valence-electron chi connectivity index (χ2n) is 5.96. The molecule has 3 rings (SSSR count). The van der Waals surface area contributed by atoms with Gasteiger partial charge in [-0.05, 0) is 30.3 Å². The molecule has 1 aliphatic heterocycles. The number of benzene rings is 1. The van der Waals surface area contributed by atoms with Gasteiger partial charge in [0.25, 0.3) is 5.91 Å². The predicted molar refractivity (Wildman–Crippen MR) is 95.7 cm³/mol. The van der Waals surface area contributed by atoms with Crippen molar-refractivity contribution < 1.29 is 23.4 Å². The van der Waals surface area contributed by atoms with Crippen LogP contribution >= 0.6 is 0 Å². The number of rotatable bonds is 7. The van der Waals surface area contributed by atoms with E-state index in [1.807, 2.05) is 12.1 Å². The van der Waals surface area contributed by atoms with Crippen LogP contribution in [0.25, 0.3) is 0 Å². The Morgan fingerprint density at radius 2 is 1.96 bits per heavy atom. The standard InChI is InChI=1S/C19H24N2O5/c1-23-17-6-5-14(12-18(17)24-2)19(22)20-13-15(16-4-3-9-26-16)21-7-10-25-11-8-21/h3-6,9,12,15H,7-8,10-11,13H2,1-2H3,(H,20,22)/t15-/m0/s1. The minimum absolute atomic E-state index is 0.0296. The molecule has 2 heterocycles. The lowest BCUT2D eigenvalue weighted by Crippen LogP contribution is -2.43. The summed E-state index contributed by atoms with van der Waals surface area (Å²) in [5.41, 5.74) is 0.517. The van der Waals surface area contributed by atoms with E-state index >= 15 is 0 Å². The molecule has 0 bridgehead atoms. The molecular formula is C19H24N2O5. The van der Waals surface area contributed by atoms with Gasteiger partial charge in [-0.1, -0.05) is 0 Å². The van der Waals surface area contributed by atoms with Crippen molar-refractivity contribution in [3.63, 3.8) is 0 Å². The van der Waals surface area contributed by atoms with E-state index in [2.05, 4.69) is 10.2 Å². The molecule has 1 aliphatic rings. The molecule has 0 spiro atoms.